The van der Waals surface area contributed by atoms with Crippen molar-refractivity contribution < 1.29 is 14.3 Å². The van der Waals surface area contributed by atoms with Crippen LogP contribution >= 0.6 is 0 Å². The summed E-state index contributed by atoms with van der Waals surface area (Å²) in [7, 11) is 0. The molecule has 0 aliphatic rings. The van der Waals surface area contributed by atoms with Crippen LogP contribution in [0.4, 0.5) is 0 Å². The largest absolute Gasteiger partial charge is 0.476 e. The van der Waals surface area contributed by atoms with Gasteiger partial charge >= 0.3 is 5.97 Å². The predicted molar refractivity (Wildman–Crippen MR) is 49.8 cm³/mol. The minimum absolute atomic E-state index is 0.104. The molecule has 5 heteroatoms. The van der Waals surface area contributed by atoms with E-state index in [0.29, 0.717) is 0 Å². The van der Waals surface area contributed by atoms with E-state index in [4.69, 9.17) is 15.3 Å². The highest BCUT2D eigenvalue weighted by Crippen LogP contribution is 2.31. The quantitative estimate of drug-likeness (QED) is 0.750. The number of rotatable bonds is 2. The molecule has 1 heterocycles. The van der Waals surface area contributed by atoms with Crippen molar-refractivity contribution in [2.24, 2.45) is 11.1 Å². The third-order valence-electron chi connectivity index (χ3n) is 2.01. The van der Waals surface area contributed by atoms with E-state index in [-0.39, 0.29) is 16.9 Å². The molecule has 1 aromatic heterocycles. The molecule has 0 amide bonds. The van der Waals surface area contributed by atoms with Crippen molar-refractivity contribution in [2.45, 2.75) is 26.8 Å². The summed E-state index contributed by atoms with van der Waals surface area (Å²) in [6.07, 6.45) is 1.10. The second kappa shape index (κ2) is 3.42. The van der Waals surface area contributed by atoms with Crippen LogP contribution in [0.25, 0.3) is 0 Å². The van der Waals surface area contributed by atoms with Crippen molar-refractivity contribution in [3.05, 3.63) is 17.8 Å². The summed E-state index contributed by atoms with van der Waals surface area (Å²) in [5.74, 6) is -0.890. The van der Waals surface area contributed by atoms with E-state index < -0.39 is 12.0 Å². The van der Waals surface area contributed by atoms with Crippen molar-refractivity contribution in [3.8, 4) is 0 Å². The highest BCUT2D eigenvalue weighted by atomic mass is 16.4. The van der Waals surface area contributed by atoms with E-state index in [2.05, 4.69) is 4.98 Å². The number of nitrogens with two attached hydrogens (primary N) is 1. The summed E-state index contributed by atoms with van der Waals surface area (Å²) in [5.41, 5.74) is 5.49. The van der Waals surface area contributed by atoms with Crippen LogP contribution in [0.2, 0.25) is 0 Å². The number of carbonyl (C=O) groups is 1. The summed E-state index contributed by atoms with van der Waals surface area (Å²) < 4.78 is 5.00. The molecule has 0 aromatic carbocycles. The highest BCUT2D eigenvalue weighted by Gasteiger charge is 2.30. The maximum atomic E-state index is 10.7. The minimum Gasteiger partial charge on any atom is -0.476 e. The zero-order valence-corrected chi connectivity index (χ0v) is 8.44. The Balaban J connectivity index is 3.07. The number of carboxylic acids is 1. The third kappa shape index (κ3) is 1.93. The lowest BCUT2D eigenvalue weighted by molar-refractivity contribution is 0.0686. The number of oxazole rings is 1. The molecule has 14 heavy (non-hydrogen) atoms. The Morgan fingerprint density at radius 2 is 2.21 bits per heavy atom. The van der Waals surface area contributed by atoms with Crippen LogP contribution in [-0.2, 0) is 0 Å². The Morgan fingerprint density at radius 1 is 1.64 bits per heavy atom. The first-order chi connectivity index (χ1) is 6.34. The summed E-state index contributed by atoms with van der Waals surface area (Å²) >= 11 is 0. The van der Waals surface area contributed by atoms with Gasteiger partial charge in [-0.15, -0.1) is 0 Å². The lowest BCUT2D eigenvalue weighted by atomic mass is 9.85. The molecule has 0 saturated carbocycles. The Kier molecular flexibility index (Phi) is 2.62. The number of hydrogen-bond donors (Lipinski definition) is 2. The summed E-state index contributed by atoms with van der Waals surface area (Å²) in [6.45, 7) is 5.73. The van der Waals surface area contributed by atoms with Crippen molar-refractivity contribution in [1.82, 2.24) is 4.98 Å². The van der Waals surface area contributed by atoms with Gasteiger partial charge in [0.15, 0.2) is 17.8 Å². The van der Waals surface area contributed by atoms with E-state index >= 15 is 0 Å². The van der Waals surface area contributed by atoms with Crippen LogP contribution in [0.1, 0.15) is 43.1 Å². The lowest BCUT2D eigenvalue weighted by Gasteiger charge is -2.24. The Hall–Kier alpha value is -1.36. The average Bonchev–Trinajstić information content (AvgIpc) is 2.48. The molecule has 0 aliphatic heterocycles. The standard InChI is InChI=1S/C9H14N2O3/c1-9(2,3)7(10)6-5(8(12)13)11-4-14-6/h4,7H,10H2,1-3H3,(H,12,13). The van der Waals surface area contributed by atoms with Crippen molar-refractivity contribution >= 4 is 5.97 Å². The van der Waals surface area contributed by atoms with Gasteiger partial charge in [0, 0.05) is 0 Å². The first-order valence-electron chi connectivity index (χ1n) is 4.26. The van der Waals surface area contributed by atoms with Gasteiger partial charge in [-0.05, 0) is 5.41 Å². The van der Waals surface area contributed by atoms with Crippen LogP contribution in [0.5, 0.6) is 0 Å². The second-order valence-electron chi connectivity index (χ2n) is 4.21. The minimum atomic E-state index is -1.12. The first-order valence-corrected chi connectivity index (χ1v) is 4.26. The van der Waals surface area contributed by atoms with E-state index in [9.17, 15) is 4.79 Å². The van der Waals surface area contributed by atoms with Gasteiger partial charge in [0.05, 0.1) is 6.04 Å². The van der Waals surface area contributed by atoms with E-state index in [0.717, 1.165) is 6.39 Å². The molecule has 0 fully saturated rings. The SMILES string of the molecule is CC(C)(C)C(N)c1ocnc1C(=O)O. The molecule has 0 aliphatic carbocycles. The zero-order valence-electron chi connectivity index (χ0n) is 8.44. The molecule has 5 nitrogen and oxygen atoms in total. The molecule has 0 bridgehead atoms. The fourth-order valence-electron chi connectivity index (χ4n) is 1.03. The molecular weight excluding hydrogens is 184 g/mol. The van der Waals surface area contributed by atoms with Crippen molar-refractivity contribution in [1.29, 1.82) is 0 Å². The first kappa shape index (κ1) is 10.7. The topological polar surface area (TPSA) is 89.4 Å². The van der Waals surface area contributed by atoms with Gasteiger partial charge in [-0.3, -0.25) is 0 Å². The van der Waals surface area contributed by atoms with Crippen LogP contribution in [0.3, 0.4) is 0 Å². The highest BCUT2D eigenvalue weighted by molar-refractivity contribution is 5.86. The molecule has 1 unspecified atom stereocenters. The maximum absolute atomic E-state index is 10.7. The Labute approximate surface area is 81.9 Å². The molecule has 1 rings (SSSR count). The predicted octanol–water partition coefficient (Wildman–Crippen LogP) is 1.42. The molecule has 0 spiro atoms. The van der Waals surface area contributed by atoms with Crippen LogP contribution in [0.15, 0.2) is 10.8 Å². The van der Waals surface area contributed by atoms with Gasteiger partial charge in [-0.1, -0.05) is 20.8 Å². The Morgan fingerprint density at radius 3 is 2.64 bits per heavy atom. The van der Waals surface area contributed by atoms with Gasteiger partial charge in [0.1, 0.15) is 0 Å². The van der Waals surface area contributed by atoms with Gasteiger partial charge < -0.3 is 15.3 Å². The number of carboxylic acid groups (broad SMARTS) is 1. The smallest absolute Gasteiger partial charge is 0.358 e. The average molecular weight is 198 g/mol. The van der Waals surface area contributed by atoms with Crippen LogP contribution in [0, 0.1) is 5.41 Å². The number of aromatic carboxylic acids is 1. The van der Waals surface area contributed by atoms with Gasteiger partial charge in [0.25, 0.3) is 0 Å². The number of nitrogens with zero attached hydrogens (tertiary/aromatic N) is 1. The summed E-state index contributed by atoms with van der Waals surface area (Å²) in [6, 6.07) is -0.476. The normalized spacial score (nSPS) is 14.0. The second-order valence-corrected chi connectivity index (χ2v) is 4.21. The fraction of sp³-hybridized carbons (Fsp3) is 0.556. The van der Waals surface area contributed by atoms with E-state index in [1.54, 1.807) is 0 Å². The third-order valence-corrected chi connectivity index (χ3v) is 2.01. The lowest BCUT2D eigenvalue weighted by Crippen LogP contribution is -2.27. The van der Waals surface area contributed by atoms with E-state index in [1.165, 1.54) is 0 Å². The van der Waals surface area contributed by atoms with Crippen molar-refractivity contribution in [3.63, 3.8) is 0 Å². The molecule has 78 valence electrons. The molecular formula is C9H14N2O3. The zero-order chi connectivity index (χ0) is 10.9. The molecule has 3 N–H and O–H groups in total. The number of aromatic nitrogens is 1. The summed E-state index contributed by atoms with van der Waals surface area (Å²) in [4.78, 5) is 14.3. The molecule has 0 saturated heterocycles. The fourth-order valence-corrected chi connectivity index (χ4v) is 1.03. The molecule has 0 radical (unpaired) electrons. The molecule has 1 aromatic rings. The van der Waals surface area contributed by atoms with Gasteiger partial charge in [-0.25, -0.2) is 9.78 Å². The van der Waals surface area contributed by atoms with E-state index in [1.807, 2.05) is 20.8 Å². The Bertz CT molecular complexity index is 338. The summed E-state index contributed by atoms with van der Waals surface area (Å²) in [5, 5.41) is 8.79. The van der Waals surface area contributed by atoms with Gasteiger partial charge in [-0.2, -0.15) is 0 Å². The number of hydrogen-bond acceptors (Lipinski definition) is 4. The maximum Gasteiger partial charge on any atom is 0.358 e. The van der Waals surface area contributed by atoms with Crippen LogP contribution < -0.4 is 5.73 Å². The molecule has 1 atom stereocenters. The van der Waals surface area contributed by atoms with Gasteiger partial charge in [0.2, 0.25) is 0 Å². The van der Waals surface area contributed by atoms with Crippen molar-refractivity contribution in [2.75, 3.05) is 0 Å². The monoisotopic (exact) mass is 198 g/mol. The van der Waals surface area contributed by atoms with Crippen LogP contribution in [-0.4, -0.2) is 16.1 Å².